The molecule has 1 aliphatic rings. The van der Waals surface area contributed by atoms with Crippen molar-refractivity contribution in [2.24, 2.45) is 0 Å². The number of nitrogens with zero attached hydrogens (tertiary/aromatic N) is 3. The number of aromatic nitrogens is 2. The van der Waals surface area contributed by atoms with E-state index in [-0.39, 0.29) is 11.6 Å². The van der Waals surface area contributed by atoms with Crippen LogP contribution < -0.4 is 10.5 Å². The van der Waals surface area contributed by atoms with Gasteiger partial charge in [0.1, 0.15) is 0 Å². The summed E-state index contributed by atoms with van der Waals surface area (Å²) in [6, 6.07) is 3.81. The van der Waals surface area contributed by atoms with E-state index in [0.717, 1.165) is 30.5 Å². The number of hydrogen-bond donors (Lipinski definition) is 0. The van der Waals surface area contributed by atoms with Gasteiger partial charge in [0, 0.05) is 30.0 Å². The van der Waals surface area contributed by atoms with E-state index in [1.54, 1.807) is 23.0 Å². The largest absolute Gasteiger partial charge is 0.320 e. The number of hydrogen-bond acceptors (Lipinski definition) is 3. The fourth-order valence-electron chi connectivity index (χ4n) is 3.24. The van der Waals surface area contributed by atoms with Crippen LogP contribution in [0.5, 0.6) is 0 Å². The van der Waals surface area contributed by atoms with E-state index in [1.807, 2.05) is 11.0 Å². The summed E-state index contributed by atoms with van der Waals surface area (Å²) in [6.07, 6.45) is 6.08. The summed E-state index contributed by atoms with van der Waals surface area (Å²) < 4.78 is 1.78. The van der Waals surface area contributed by atoms with Crippen molar-refractivity contribution in [2.75, 3.05) is 11.4 Å². The number of fused-ring (bicyclic) bond motifs is 1. The van der Waals surface area contributed by atoms with Crippen LogP contribution in [0.15, 0.2) is 29.3 Å². The van der Waals surface area contributed by atoms with Gasteiger partial charge in [0.2, 0.25) is 0 Å². The van der Waals surface area contributed by atoms with Gasteiger partial charge in [0.15, 0.2) is 5.82 Å². The molecule has 2 aromatic rings. The van der Waals surface area contributed by atoms with Gasteiger partial charge in [-0.2, -0.15) is 0 Å². The van der Waals surface area contributed by atoms with Gasteiger partial charge in [-0.3, -0.25) is 4.79 Å². The van der Waals surface area contributed by atoms with Crippen LogP contribution in [0.1, 0.15) is 38.3 Å². The second kappa shape index (κ2) is 6.54. The maximum Gasteiger partial charge on any atom is 0.294 e. The molecular weight excluding hydrogens is 333 g/mol. The van der Waals surface area contributed by atoms with E-state index in [2.05, 4.69) is 18.8 Å². The topological polar surface area (TPSA) is 38.1 Å². The normalized spacial score (nSPS) is 13.7. The van der Waals surface area contributed by atoms with E-state index in [4.69, 9.17) is 23.2 Å². The minimum atomic E-state index is -0.0694. The van der Waals surface area contributed by atoms with Crippen LogP contribution in [0, 0.1) is 0 Å². The SMILES string of the molecule is CCC(CC)n1ccnc(N2CCc3cc(Cl)cc(Cl)c32)c1=O. The van der Waals surface area contributed by atoms with Crippen LogP contribution in [-0.4, -0.2) is 16.1 Å². The molecule has 0 spiro atoms. The zero-order chi connectivity index (χ0) is 16.6. The van der Waals surface area contributed by atoms with Crippen molar-refractivity contribution in [3.8, 4) is 0 Å². The van der Waals surface area contributed by atoms with Crippen molar-refractivity contribution in [1.82, 2.24) is 9.55 Å². The highest BCUT2D eigenvalue weighted by Crippen LogP contribution is 2.40. The first-order valence-corrected chi connectivity index (χ1v) is 8.65. The summed E-state index contributed by atoms with van der Waals surface area (Å²) in [5, 5.41) is 1.18. The van der Waals surface area contributed by atoms with Gasteiger partial charge >= 0.3 is 0 Å². The van der Waals surface area contributed by atoms with Crippen LogP contribution in [0.3, 0.4) is 0 Å². The maximum atomic E-state index is 12.9. The number of rotatable bonds is 4. The van der Waals surface area contributed by atoms with Crippen molar-refractivity contribution in [1.29, 1.82) is 0 Å². The van der Waals surface area contributed by atoms with Gasteiger partial charge < -0.3 is 9.47 Å². The Morgan fingerprint density at radius 3 is 2.70 bits per heavy atom. The first-order chi connectivity index (χ1) is 11.1. The monoisotopic (exact) mass is 351 g/mol. The molecule has 0 saturated heterocycles. The van der Waals surface area contributed by atoms with Gasteiger partial charge in [-0.05, 0) is 37.0 Å². The predicted molar refractivity (Wildman–Crippen MR) is 95.3 cm³/mol. The second-order valence-corrected chi connectivity index (χ2v) is 6.57. The first-order valence-electron chi connectivity index (χ1n) is 7.89. The summed E-state index contributed by atoms with van der Waals surface area (Å²) in [4.78, 5) is 19.1. The first kappa shape index (κ1) is 16.3. The molecule has 0 radical (unpaired) electrons. The lowest BCUT2D eigenvalue weighted by Crippen LogP contribution is -2.31. The Balaban J connectivity index is 2.10. The standard InChI is InChI=1S/C17H19Cl2N3O/c1-3-13(4-2)21-8-6-20-16(17(21)23)22-7-5-11-9-12(18)10-14(19)15(11)22/h6,8-10,13H,3-5,7H2,1-2H3. The van der Waals surface area contributed by atoms with E-state index < -0.39 is 0 Å². The number of anilines is 2. The van der Waals surface area contributed by atoms with Crippen molar-refractivity contribution >= 4 is 34.7 Å². The van der Waals surface area contributed by atoms with Crippen LogP contribution in [0.4, 0.5) is 11.5 Å². The van der Waals surface area contributed by atoms with Crippen LogP contribution in [0.25, 0.3) is 0 Å². The maximum absolute atomic E-state index is 12.9. The number of benzene rings is 1. The Labute approximate surface area is 145 Å². The molecule has 1 aliphatic heterocycles. The molecular formula is C17H19Cl2N3O. The molecule has 0 fully saturated rings. The molecule has 0 unspecified atom stereocenters. The molecule has 0 saturated carbocycles. The second-order valence-electron chi connectivity index (χ2n) is 5.73. The van der Waals surface area contributed by atoms with Crippen molar-refractivity contribution in [3.63, 3.8) is 0 Å². The van der Waals surface area contributed by atoms with Crippen molar-refractivity contribution in [3.05, 3.63) is 50.5 Å². The van der Waals surface area contributed by atoms with Crippen molar-refractivity contribution < 1.29 is 0 Å². The molecule has 0 aliphatic carbocycles. The Morgan fingerprint density at radius 2 is 2.00 bits per heavy atom. The van der Waals surface area contributed by atoms with Crippen molar-refractivity contribution in [2.45, 2.75) is 39.2 Å². The van der Waals surface area contributed by atoms with E-state index >= 15 is 0 Å². The van der Waals surface area contributed by atoms with Crippen LogP contribution >= 0.6 is 23.2 Å². The Kier molecular flexibility index (Phi) is 4.64. The summed E-state index contributed by atoms with van der Waals surface area (Å²) in [6.45, 7) is 4.86. The number of halogens is 2. The molecule has 122 valence electrons. The molecule has 2 heterocycles. The van der Waals surface area contributed by atoms with Gasteiger partial charge in [-0.1, -0.05) is 37.0 Å². The zero-order valence-corrected chi connectivity index (χ0v) is 14.7. The van der Waals surface area contributed by atoms with Gasteiger partial charge in [0.25, 0.3) is 5.56 Å². The third-order valence-corrected chi connectivity index (χ3v) is 4.93. The quantitative estimate of drug-likeness (QED) is 0.807. The zero-order valence-electron chi connectivity index (χ0n) is 13.2. The third kappa shape index (κ3) is 2.86. The third-order valence-electron chi connectivity index (χ3n) is 4.42. The molecule has 6 heteroatoms. The highest BCUT2D eigenvalue weighted by molar-refractivity contribution is 6.36. The lowest BCUT2D eigenvalue weighted by molar-refractivity contribution is 0.456. The summed E-state index contributed by atoms with van der Waals surface area (Å²) in [5.74, 6) is 0.433. The molecule has 1 aromatic carbocycles. The van der Waals surface area contributed by atoms with E-state index in [1.165, 1.54) is 0 Å². The predicted octanol–water partition coefficient (Wildman–Crippen LogP) is 4.61. The Morgan fingerprint density at radius 1 is 1.26 bits per heavy atom. The lowest BCUT2D eigenvalue weighted by Gasteiger charge is -2.22. The fraction of sp³-hybridized carbons (Fsp3) is 0.412. The van der Waals surface area contributed by atoms with Gasteiger partial charge in [-0.15, -0.1) is 0 Å². The van der Waals surface area contributed by atoms with Gasteiger partial charge in [-0.25, -0.2) is 4.98 Å². The summed E-state index contributed by atoms with van der Waals surface area (Å²) in [5.41, 5.74) is 1.84. The fourth-order valence-corrected chi connectivity index (χ4v) is 3.87. The van der Waals surface area contributed by atoms with E-state index in [9.17, 15) is 4.79 Å². The average molecular weight is 352 g/mol. The molecule has 3 rings (SSSR count). The lowest BCUT2D eigenvalue weighted by atomic mass is 10.1. The van der Waals surface area contributed by atoms with Crippen LogP contribution in [0.2, 0.25) is 10.0 Å². The Bertz CT molecular complexity index is 784. The average Bonchev–Trinajstić information content (AvgIpc) is 2.94. The van der Waals surface area contributed by atoms with Crippen LogP contribution in [-0.2, 0) is 6.42 Å². The van der Waals surface area contributed by atoms with Gasteiger partial charge in [0.05, 0.1) is 10.7 Å². The Hall–Kier alpha value is -1.52. The molecule has 1 aromatic heterocycles. The highest BCUT2D eigenvalue weighted by atomic mass is 35.5. The molecule has 0 atom stereocenters. The molecule has 0 N–H and O–H groups in total. The molecule has 4 nitrogen and oxygen atoms in total. The minimum absolute atomic E-state index is 0.0694. The molecule has 23 heavy (non-hydrogen) atoms. The summed E-state index contributed by atoms with van der Waals surface area (Å²) >= 11 is 12.4. The summed E-state index contributed by atoms with van der Waals surface area (Å²) in [7, 11) is 0. The smallest absolute Gasteiger partial charge is 0.294 e. The molecule has 0 bridgehead atoms. The molecule has 0 amide bonds. The minimum Gasteiger partial charge on any atom is -0.320 e. The van der Waals surface area contributed by atoms with E-state index in [0.29, 0.717) is 22.4 Å². The highest BCUT2D eigenvalue weighted by Gasteiger charge is 2.27.